The molecule has 3 rings (SSSR count). The summed E-state index contributed by atoms with van der Waals surface area (Å²) in [7, 11) is 0. The number of aromatic nitrogens is 2. The van der Waals surface area contributed by atoms with Crippen molar-refractivity contribution in [1.82, 2.24) is 9.97 Å². The summed E-state index contributed by atoms with van der Waals surface area (Å²) in [5.74, 6) is 2.82. The number of hydrogen-bond acceptors (Lipinski definition) is 3. The molecular formula is C11H15N3. The van der Waals surface area contributed by atoms with E-state index in [0.29, 0.717) is 6.04 Å². The van der Waals surface area contributed by atoms with Crippen LogP contribution < -0.4 is 5.32 Å². The van der Waals surface area contributed by atoms with Gasteiger partial charge in [0.2, 0.25) is 5.95 Å². The molecule has 1 heterocycles. The first-order chi connectivity index (χ1) is 6.81. The lowest BCUT2D eigenvalue weighted by Gasteiger charge is -2.13. The minimum absolute atomic E-state index is 0.626. The molecule has 0 spiro atoms. The van der Waals surface area contributed by atoms with Gasteiger partial charge in [0.05, 0.1) is 0 Å². The lowest BCUT2D eigenvalue weighted by atomic mass is 10.2. The molecule has 2 fully saturated rings. The second kappa shape index (κ2) is 2.94. The highest BCUT2D eigenvalue weighted by molar-refractivity contribution is 5.27. The Hall–Kier alpha value is -1.12. The minimum atomic E-state index is 0.626. The van der Waals surface area contributed by atoms with Crippen molar-refractivity contribution >= 4 is 5.95 Å². The average molecular weight is 189 g/mol. The fraction of sp³-hybridized carbons (Fsp3) is 0.636. The highest BCUT2D eigenvalue weighted by Gasteiger charge is 2.45. The van der Waals surface area contributed by atoms with Crippen molar-refractivity contribution in [1.29, 1.82) is 0 Å². The Morgan fingerprint density at radius 2 is 1.79 bits per heavy atom. The van der Waals surface area contributed by atoms with E-state index in [1.54, 1.807) is 0 Å². The molecule has 1 N–H and O–H groups in total. The Bertz CT molecular complexity index is 323. The van der Waals surface area contributed by atoms with E-state index >= 15 is 0 Å². The van der Waals surface area contributed by atoms with Gasteiger partial charge in [0, 0.05) is 18.4 Å². The first kappa shape index (κ1) is 8.21. The smallest absolute Gasteiger partial charge is 0.222 e. The zero-order chi connectivity index (χ0) is 9.54. The summed E-state index contributed by atoms with van der Waals surface area (Å²) in [6.07, 6.45) is 7.84. The van der Waals surface area contributed by atoms with Crippen LogP contribution >= 0.6 is 0 Å². The highest BCUT2D eigenvalue weighted by Crippen LogP contribution is 2.52. The molecule has 0 bridgehead atoms. The van der Waals surface area contributed by atoms with Crippen LogP contribution in [0.15, 0.2) is 12.4 Å². The van der Waals surface area contributed by atoms with E-state index in [1.165, 1.54) is 19.3 Å². The maximum atomic E-state index is 4.26. The zero-order valence-electron chi connectivity index (χ0n) is 8.40. The summed E-state index contributed by atoms with van der Waals surface area (Å²) < 4.78 is 0. The molecule has 0 amide bonds. The van der Waals surface area contributed by atoms with Crippen LogP contribution in [0.3, 0.4) is 0 Å². The van der Waals surface area contributed by atoms with Crippen molar-refractivity contribution in [2.45, 2.75) is 32.2 Å². The normalized spacial score (nSPS) is 33.9. The molecule has 1 aromatic heterocycles. The van der Waals surface area contributed by atoms with E-state index < -0.39 is 0 Å². The SMILES string of the molecule is Cc1cnc(NC2CC3CC3C2)nc1. The van der Waals surface area contributed by atoms with Gasteiger partial charge in [-0.1, -0.05) is 0 Å². The van der Waals surface area contributed by atoms with Crippen molar-refractivity contribution in [2.24, 2.45) is 11.8 Å². The molecule has 2 saturated carbocycles. The molecule has 0 aromatic carbocycles. The number of nitrogens with zero attached hydrogens (tertiary/aromatic N) is 2. The molecule has 14 heavy (non-hydrogen) atoms. The van der Waals surface area contributed by atoms with Gasteiger partial charge in [0.1, 0.15) is 0 Å². The molecule has 2 aliphatic rings. The molecule has 1 aromatic rings. The second-order valence-electron chi connectivity index (χ2n) is 4.65. The largest absolute Gasteiger partial charge is 0.351 e. The summed E-state index contributed by atoms with van der Waals surface area (Å²) in [6.45, 7) is 2.01. The van der Waals surface area contributed by atoms with Crippen molar-refractivity contribution < 1.29 is 0 Å². The van der Waals surface area contributed by atoms with Gasteiger partial charge in [-0.05, 0) is 43.6 Å². The van der Waals surface area contributed by atoms with Gasteiger partial charge in [-0.3, -0.25) is 0 Å². The van der Waals surface area contributed by atoms with Gasteiger partial charge in [0.15, 0.2) is 0 Å². The number of fused-ring (bicyclic) bond motifs is 1. The van der Waals surface area contributed by atoms with E-state index in [0.717, 1.165) is 23.3 Å². The Morgan fingerprint density at radius 1 is 1.14 bits per heavy atom. The third-order valence-corrected chi connectivity index (χ3v) is 3.36. The monoisotopic (exact) mass is 189 g/mol. The van der Waals surface area contributed by atoms with Crippen molar-refractivity contribution in [3.05, 3.63) is 18.0 Å². The van der Waals surface area contributed by atoms with Gasteiger partial charge >= 0.3 is 0 Å². The van der Waals surface area contributed by atoms with Crippen LogP contribution in [0.25, 0.3) is 0 Å². The molecule has 74 valence electrons. The molecule has 2 aliphatic carbocycles. The Kier molecular flexibility index (Phi) is 1.72. The second-order valence-corrected chi connectivity index (χ2v) is 4.65. The zero-order valence-corrected chi connectivity index (χ0v) is 8.40. The maximum Gasteiger partial charge on any atom is 0.222 e. The van der Waals surface area contributed by atoms with E-state index in [2.05, 4.69) is 15.3 Å². The van der Waals surface area contributed by atoms with Crippen LogP contribution in [0.5, 0.6) is 0 Å². The number of aryl methyl sites for hydroxylation is 1. The number of anilines is 1. The Balaban J connectivity index is 1.64. The number of hydrogen-bond donors (Lipinski definition) is 1. The lowest BCUT2D eigenvalue weighted by molar-refractivity contribution is 0.645. The average Bonchev–Trinajstić information content (AvgIpc) is 2.79. The van der Waals surface area contributed by atoms with E-state index in [9.17, 15) is 0 Å². The quantitative estimate of drug-likeness (QED) is 0.773. The predicted molar refractivity (Wildman–Crippen MR) is 55.0 cm³/mol. The van der Waals surface area contributed by atoms with Crippen LogP contribution in [0, 0.1) is 18.8 Å². The Morgan fingerprint density at radius 3 is 2.43 bits per heavy atom. The van der Waals surface area contributed by atoms with Gasteiger partial charge in [-0.15, -0.1) is 0 Å². The molecule has 0 aliphatic heterocycles. The molecule has 0 saturated heterocycles. The maximum absolute atomic E-state index is 4.26. The molecule has 2 atom stereocenters. The number of rotatable bonds is 2. The fourth-order valence-corrected chi connectivity index (χ4v) is 2.48. The van der Waals surface area contributed by atoms with Crippen molar-refractivity contribution in [3.8, 4) is 0 Å². The van der Waals surface area contributed by atoms with Gasteiger partial charge in [-0.2, -0.15) is 0 Å². The van der Waals surface area contributed by atoms with Gasteiger partial charge in [-0.25, -0.2) is 9.97 Å². The van der Waals surface area contributed by atoms with Crippen LogP contribution in [0.4, 0.5) is 5.95 Å². The summed E-state index contributed by atoms with van der Waals surface area (Å²) in [6, 6.07) is 0.626. The highest BCUT2D eigenvalue weighted by atomic mass is 15.1. The predicted octanol–water partition coefficient (Wildman–Crippen LogP) is 2.00. The lowest BCUT2D eigenvalue weighted by Crippen LogP contribution is -2.18. The van der Waals surface area contributed by atoms with Gasteiger partial charge in [0.25, 0.3) is 0 Å². The first-order valence-electron chi connectivity index (χ1n) is 5.36. The van der Waals surface area contributed by atoms with Crippen LogP contribution in [0.2, 0.25) is 0 Å². The van der Waals surface area contributed by atoms with E-state index in [4.69, 9.17) is 0 Å². The summed E-state index contributed by atoms with van der Waals surface area (Å²) >= 11 is 0. The van der Waals surface area contributed by atoms with Crippen molar-refractivity contribution in [2.75, 3.05) is 5.32 Å². The topological polar surface area (TPSA) is 37.8 Å². The number of nitrogens with one attached hydrogen (secondary N) is 1. The molecular weight excluding hydrogens is 174 g/mol. The van der Waals surface area contributed by atoms with Crippen LogP contribution in [-0.4, -0.2) is 16.0 Å². The fourth-order valence-electron chi connectivity index (χ4n) is 2.48. The van der Waals surface area contributed by atoms with E-state index in [-0.39, 0.29) is 0 Å². The summed E-state index contributed by atoms with van der Waals surface area (Å²) in [4.78, 5) is 8.52. The van der Waals surface area contributed by atoms with Gasteiger partial charge < -0.3 is 5.32 Å². The standard InChI is InChI=1S/C11H15N3/c1-7-5-12-11(13-6-7)14-10-3-8-2-9(8)4-10/h5-6,8-10H,2-4H2,1H3,(H,12,13,14). The molecule has 3 heteroatoms. The third kappa shape index (κ3) is 1.47. The first-order valence-corrected chi connectivity index (χ1v) is 5.36. The van der Waals surface area contributed by atoms with Crippen molar-refractivity contribution in [3.63, 3.8) is 0 Å². The third-order valence-electron chi connectivity index (χ3n) is 3.36. The van der Waals surface area contributed by atoms with E-state index in [1.807, 2.05) is 19.3 Å². The van der Waals surface area contributed by atoms with Crippen LogP contribution in [-0.2, 0) is 0 Å². The molecule has 0 radical (unpaired) electrons. The summed E-state index contributed by atoms with van der Waals surface area (Å²) in [5, 5.41) is 3.41. The summed E-state index contributed by atoms with van der Waals surface area (Å²) in [5.41, 5.74) is 1.12. The minimum Gasteiger partial charge on any atom is -0.351 e. The Labute approximate surface area is 84.0 Å². The van der Waals surface area contributed by atoms with Crippen LogP contribution in [0.1, 0.15) is 24.8 Å². The molecule has 2 unspecified atom stereocenters. The molecule has 3 nitrogen and oxygen atoms in total.